The highest BCUT2D eigenvalue weighted by Gasteiger charge is 2.00. The Bertz CT molecular complexity index is 479. The molecule has 20 heavy (non-hydrogen) atoms. The average Bonchev–Trinajstić information content (AvgIpc) is 2.83. The Labute approximate surface area is 127 Å². The minimum Gasteiger partial charge on any atom is -0.312 e. The highest BCUT2D eigenvalue weighted by atomic mass is 35.5. The molecule has 1 N–H and O–H groups in total. The Morgan fingerprint density at radius 1 is 1.15 bits per heavy atom. The van der Waals surface area contributed by atoms with Gasteiger partial charge < -0.3 is 5.32 Å². The summed E-state index contributed by atoms with van der Waals surface area (Å²) in [5.41, 5.74) is 2.64. The zero-order valence-electron chi connectivity index (χ0n) is 12.2. The van der Waals surface area contributed by atoms with Crippen molar-refractivity contribution in [3.05, 3.63) is 53.9 Å². The Hall–Kier alpha value is -1.32. The van der Waals surface area contributed by atoms with E-state index in [9.17, 15) is 0 Å². The molecule has 1 aromatic carbocycles. The molecule has 4 heteroatoms. The van der Waals surface area contributed by atoms with Crippen molar-refractivity contribution >= 4 is 12.4 Å². The molecule has 0 aliphatic heterocycles. The first-order valence-corrected chi connectivity index (χ1v) is 7.00. The molecule has 0 amide bonds. The first-order valence-electron chi connectivity index (χ1n) is 7.00. The quantitative estimate of drug-likeness (QED) is 0.794. The molecule has 1 aromatic heterocycles. The Morgan fingerprint density at radius 2 is 1.90 bits per heavy atom. The molecule has 110 valence electrons. The first kappa shape index (κ1) is 16.7. The molecular weight excluding hydrogens is 270 g/mol. The number of nitrogens with one attached hydrogen (secondary N) is 1. The summed E-state index contributed by atoms with van der Waals surface area (Å²) >= 11 is 0. The minimum atomic E-state index is 0. The summed E-state index contributed by atoms with van der Waals surface area (Å²) in [6.07, 6.45) is 5.16. The lowest BCUT2D eigenvalue weighted by atomic mass is 10.1. The number of rotatable bonds is 7. The summed E-state index contributed by atoms with van der Waals surface area (Å²) in [5.74, 6) is 0.638. The standard InChI is InChI=1S/C16H23N3.ClH/c1-14(2)12-19-13-16(11-18-19)10-17-9-8-15-6-4-3-5-7-15;/h3-7,11,13-14,17H,8-10,12H2,1-2H3;1H. The van der Waals surface area contributed by atoms with Crippen molar-refractivity contribution in [3.63, 3.8) is 0 Å². The lowest BCUT2D eigenvalue weighted by Crippen LogP contribution is -2.16. The summed E-state index contributed by atoms with van der Waals surface area (Å²) in [6.45, 7) is 7.30. The van der Waals surface area contributed by atoms with Crippen LogP contribution in [0.2, 0.25) is 0 Å². The maximum atomic E-state index is 4.37. The van der Waals surface area contributed by atoms with E-state index in [1.807, 2.05) is 10.9 Å². The second-order valence-electron chi connectivity index (χ2n) is 5.38. The van der Waals surface area contributed by atoms with Gasteiger partial charge in [-0.1, -0.05) is 44.2 Å². The molecule has 1 heterocycles. The highest BCUT2D eigenvalue weighted by Crippen LogP contribution is 2.02. The van der Waals surface area contributed by atoms with Crippen molar-refractivity contribution in [2.24, 2.45) is 5.92 Å². The second kappa shape index (κ2) is 8.77. The van der Waals surface area contributed by atoms with Gasteiger partial charge in [-0.2, -0.15) is 5.10 Å². The van der Waals surface area contributed by atoms with Crippen LogP contribution < -0.4 is 5.32 Å². The number of nitrogens with zero attached hydrogens (tertiary/aromatic N) is 2. The van der Waals surface area contributed by atoms with Crippen molar-refractivity contribution in [3.8, 4) is 0 Å². The summed E-state index contributed by atoms with van der Waals surface area (Å²) in [5, 5.41) is 7.83. The lowest BCUT2D eigenvalue weighted by Gasteiger charge is -2.04. The van der Waals surface area contributed by atoms with Crippen LogP contribution in [0.15, 0.2) is 42.7 Å². The van der Waals surface area contributed by atoms with Crippen molar-refractivity contribution in [1.29, 1.82) is 0 Å². The number of aromatic nitrogens is 2. The van der Waals surface area contributed by atoms with Gasteiger partial charge >= 0.3 is 0 Å². The molecule has 0 atom stereocenters. The fourth-order valence-electron chi connectivity index (χ4n) is 2.08. The lowest BCUT2D eigenvalue weighted by molar-refractivity contribution is 0.482. The summed E-state index contributed by atoms with van der Waals surface area (Å²) in [4.78, 5) is 0. The van der Waals surface area contributed by atoms with Gasteiger partial charge in [-0.3, -0.25) is 4.68 Å². The fourth-order valence-corrected chi connectivity index (χ4v) is 2.08. The van der Waals surface area contributed by atoms with Crippen molar-refractivity contribution in [2.45, 2.75) is 33.4 Å². The number of benzene rings is 1. The van der Waals surface area contributed by atoms with Gasteiger partial charge in [0, 0.05) is 24.8 Å². The molecule has 0 fully saturated rings. The molecule has 0 aliphatic rings. The molecular formula is C16H24ClN3. The molecule has 3 nitrogen and oxygen atoms in total. The fraction of sp³-hybridized carbons (Fsp3) is 0.438. The smallest absolute Gasteiger partial charge is 0.0534 e. The van der Waals surface area contributed by atoms with Gasteiger partial charge in [-0.05, 0) is 24.4 Å². The van der Waals surface area contributed by atoms with Gasteiger partial charge in [-0.25, -0.2) is 0 Å². The van der Waals surface area contributed by atoms with E-state index < -0.39 is 0 Å². The van der Waals surface area contributed by atoms with E-state index in [4.69, 9.17) is 0 Å². The topological polar surface area (TPSA) is 29.9 Å². The Kier molecular flexibility index (Phi) is 7.34. The number of hydrogen-bond donors (Lipinski definition) is 1. The molecule has 0 unspecified atom stereocenters. The highest BCUT2D eigenvalue weighted by molar-refractivity contribution is 5.85. The molecule has 0 spiro atoms. The third kappa shape index (κ3) is 5.76. The van der Waals surface area contributed by atoms with Crippen LogP contribution in [0.3, 0.4) is 0 Å². The maximum Gasteiger partial charge on any atom is 0.0534 e. The molecule has 0 aliphatic carbocycles. The number of hydrogen-bond acceptors (Lipinski definition) is 2. The van der Waals surface area contributed by atoms with Crippen LogP contribution in [-0.4, -0.2) is 16.3 Å². The van der Waals surface area contributed by atoms with Gasteiger partial charge in [0.2, 0.25) is 0 Å². The third-order valence-electron chi connectivity index (χ3n) is 3.00. The molecule has 0 saturated heterocycles. The van der Waals surface area contributed by atoms with Crippen LogP contribution in [-0.2, 0) is 19.5 Å². The van der Waals surface area contributed by atoms with E-state index in [2.05, 4.69) is 60.8 Å². The van der Waals surface area contributed by atoms with E-state index in [0.717, 1.165) is 26.1 Å². The SMILES string of the molecule is CC(C)Cn1cc(CNCCc2ccccc2)cn1.Cl. The molecule has 2 rings (SSSR count). The van der Waals surface area contributed by atoms with Crippen LogP contribution in [0.5, 0.6) is 0 Å². The van der Waals surface area contributed by atoms with Gasteiger partial charge in [0.25, 0.3) is 0 Å². The van der Waals surface area contributed by atoms with Gasteiger partial charge in [0.05, 0.1) is 6.20 Å². The average molecular weight is 294 g/mol. The van der Waals surface area contributed by atoms with E-state index in [0.29, 0.717) is 5.92 Å². The predicted octanol–water partition coefficient (Wildman–Crippen LogP) is 3.29. The van der Waals surface area contributed by atoms with Gasteiger partial charge in [0.15, 0.2) is 0 Å². The molecule has 0 radical (unpaired) electrons. The zero-order chi connectivity index (χ0) is 13.5. The first-order chi connectivity index (χ1) is 9.24. The Balaban J connectivity index is 0.00000200. The van der Waals surface area contributed by atoms with Gasteiger partial charge in [0.1, 0.15) is 0 Å². The summed E-state index contributed by atoms with van der Waals surface area (Å²) in [7, 11) is 0. The maximum absolute atomic E-state index is 4.37. The van der Waals surface area contributed by atoms with Crippen LogP contribution in [0.4, 0.5) is 0 Å². The molecule has 2 aromatic rings. The van der Waals surface area contributed by atoms with Crippen LogP contribution >= 0.6 is 12.4 Å². The summed E-state index contributed by atoms with van der Waals surface area (Å²) < 4.78 is 2.03. The largest absolute Gasteiger partial charge is 0.312 e. The molecule has 0 bridgehead atoms. The Morgan fingerprint density at radius 3 is 2.60 bits per heavy atom. The third-order valence-corrected chi connectivity index (χ3v) is 3.00. The van der Waals surface area contributed by atoms with E-state index in [1.165, 1.54) is 11.1 Å². The summed E-state index contributed by atoms with van der Waals surface area (Å²) in [6, 6.07) is 10.6. The molecule has 0 saturated carbocycles. The van der Waals surface area contributed by atoms with Crippen LogP contribution in [0.1, 0.15) is 25.0 Å². The zero-order valence-corrected chi connectivity index (χ0v) is 13.1. The van der Waals surface area contributed by atoms with E-state index in [-0.39, 0.29) is 12.4 Å². The van der Waals surface area contributed by atoms with Crippen molar-refractivity contribution in [1.82, 2.24) is 15.1 Å². The second-order valence-corrected chi connectivity index (χ2v) is 5.38. The van der Waals surface area contributed by atoms with Gasteiger partial charge in [-0.15, -0.1) is 12.4 Å². The van der Waals surface area contributed by atoms with Crippen LogP contribution in [0, 0.1) is 5.92 Å². The minimum absolute atomic E-state index is 0. The predicted molar refractivity (Wildman–Crippen MR) is 86.2 cm³/mol. The van der Waals surface area contributed by atoms with Crippen LogP contribution in [0.25, 0.3) is 0 Å². The van der Waals surface area contributed by atoms with Crippen molar-refractivity contribution < 1.29 is 0 Å². The van der Waals surface area contributed by atoms with Crippen molar-refractivity contribution in [2.75, 3.05) is 6.54 Å². The number of halogens is 1. The van der Waals surface area contributed by atoms with E-state index >= 15 is 0 Å². The normalized spacial score (nSPS) is 10.6. The monoisotopic (exact) mass is 293 g/mol. The van der Waals surface area contributed by atoms with E-state index in [1.54, 1.807) is 0 Å².